The highest BCUT2D eigenvalue weighted by Gasteiger charge is 2.51. The number of hydrogen-bond acceptors (Lipinski definition) is 2. The quantitative estimate of drug-likeness (QED) is 0.477. The molecule has 2 fully saturated rings. The van der Waals surface area contributed by atoms with Gasteiger partial charge in [-0.05, 0) is 50.3 Å². The van der Waals surface area contributed by atoms with E-state index in [1.165, 1.54) is 18.6 Å². The van der Waals surface area contributed by atoms with E-state index in [0.29, 0.717) is 24.6 Å². The molecule has 1 heterocycles. The molecule has 2 N–H and O–H groups in total. The van der Waals surface area contributed by atoms with Crippen LogP contribution >= 0.6 is 0 Å². The van der Waals surface area contributed by atoms with Crippen LogP contribution in [0, 0.1) is 0 Å². The Kier molecular flexibility index (Phi) is 5.64. The molecule has 2 aliphatic rings. The summed E-state index contributed by atoms with van der Waals surface area (Å²) in [5, 5.41) is 3.53. The molecule has 164 valence electrons. The van der Waals surface area contributed by atoms with Crippen LogP contribution in [0.1, 0.15) is 37.7 Å². The summed E-state index contributed by atoms with van der Waals surface area (Å²) in [7, 11) is 0. The van der Waals surface area contributed by atoms with Crippen molar-refractivity contribution in [1.29, 1.82) is 0 Å². The van der Waals surface area contributed by atoms with Gasteiger partial charge in [0.2, 0.25) is 0 Å². The Morgan fingerprint density at radius 3 is 2.35 bits per heavy atom. The van der Waals surface area contributed by atoms with E-state index in [1.54, 1.807) is 12.3 Å². The second-order valence-electron chi connectivity index (χ2n) is 7.86. The Balaban J connectivity index is 0.000000196. The van der Waals surface area contributed by atoms with Gasteiger partial charge in [-0.25, -0.2) is 4.39 Å². The maximum atomic E-state index is 13.7. The van der Waals surface area contributed by atoms with Crippen molar-refractivity contribution in [3.05, 3.63) is 60.3 Å². The fourth-order valence-electron chi connectivity index (χ4n) is 3.16. The van der Waals surface area contributed by atoms with E-state index < -0.39 is 23.3 Å². The lowest BCUT2D eigenvalue weighted by atomic mass is 9.96. The van der Waals surface area contributed by atoms with E-state index in [9.17, 15) is 22.4 Å². The van der Waals surface area contributed by atoms with Crippen molar-refractivity contribution < 1.29 is 27.1 Å². The predicted octanol–water partition coefficient (Wildman–Crippen LogP) is 6.25. The first kappa shape index (κ1) is 21.2. The lowest BCUT2D eigenvalue weighted by molar-refractivity contribution is -0.137. The van der Waals surface area contributed by atoms with Gasteiger partial charge < -0.3 is 15.0 Å². The number of fused-ring (bicyclic) bond motifs is 1. The largest absolute Gasteiger partial charge is 0.490 e. The summed E-state index contributed by atoms with van der Waals surface area (Å²) < 4.78 is 55.0. The fraction of sp³-hybridized carbons (Fsp3) is 0.348. The van der Waals surface area contributed by atoms with Crippen molar-refractivity contribution in [2.24, 2.45) is 0 Å². The third kappa shape index (κ3) is 5.00. The van der Waals surface area contributed by atoms with Gasteiger partial charge in [-0.1, -0.05) is 30.3 Å². The SMILES string of the molecule is FC(F)(F)c1ccccc1.O=C(Nc1c[nH]c2ccc(OC3CCC3)cc12)C1(F)CC1. The van der Waals surface area contributed by atoms with Crippen LogP contribution in [-0.2, 0) is 11.0 Å². The maximum absolute atomic E-state index is 13.7. The molecule has 0 spiro atoms. The lowest BCUT2D eigenvalue weighted by Gasteiger charge is -2.26. The molecule has 0 aliphatic heterocycles. The molecular formula is C23H22F4N2O2. The predicted molar refractivity (Wildman–Crippen MR) is 110 cm³/mol. The molecule has 5 rings (SSSR count). The second-order valence-corrected chi connectivity index (χ2v) is 7.86. The van der Waals surface area contributed by atoms with Gasteiger partial charge in [0.15, 0.2) is 5.67 Å². The van der Waals surface area contributed by atoms with Crippen molar-refractivity contribution in [3.8, 4) is 5.75 Å². The van der Waals surface area contributed by atoms with Crippen molar-refractivity contribution in [1.82, 2.24) is 4.98 Å². The number of rotatable bonds is 4. The van der Waals surface area contributed by atoms with E-state index >= 15 is 0 Å². The number of H-pyrrole nitrogens is 1. The number of nitrogens with one attached hydrogen (secondary N) is 2. The summed E-state index contributed by atoms with van der Waals surface area (Å²) >= 11 is 0. The molecule has 4 nitrogen and oxygen atoms in total. The highest BCUT2D eigenvalue weighted by atomic mass is 19.4. The van der Waals surface area contributed by atoms with E-state index in [1.807, 2.05) is 18.2 Å². The first-order valence-electron chi connectivity index (χ1n) is 10.1. The summed E-state index contributed by atoms with van der Waals surface area (Å²) in [4.78, 5) is 14.9. The molecule has 0 unspecified atom stereocenters. The number of anilines is 1. The molecular weight excluding hydrogens is 412 g/mol. The molecule has 2 aliphatic carbocycles. The number of amides is 1. The summed E-state index contributed by atoms with van der Waals surface area (Å²) in [6.45, 7) is 0. The minimum Gasteiger partial charge on any atom is -0.490 e. The Morgan fingerprint density at radius 2 is 1.81 bits per heavy atom. The molecule has 8 heteroatoms. The summed E-state index contributed by atoms with van der Waals surface area (Å²) in [5.74, 6) is 0.248. The van der Waals surface area contributed by atoms with Gasteiger partial charge in [0.05, 0.1) is 17.4 Å². The zero-order valence-corrected chi connectivity index (χ0v) is 16.6. The molecule has 0 atom stereocenters. The molecule has 1 aromatic heterocycles. The molecule has 0 radical (unpaired) electrons. The van der Waals surface area contributed by atoms with Gasteiger partial charge in [0.1, 0.15) is 5.75 Å². The smallest absolute Gasteiger partial charge is 0.416 e. The fourth-order valence-corrected chi connectivity index (χ4v) is 3.16. The van der Waals surface area contributed by atoms with Gasteiger partial charge in [-0.2, -0.15) is 13.2 Å². The highest BCUT2D eigenvalue weighted by Crippen LogP contribution is 2.41. The third-order valence-corrected chi connectivity index (χ3v) is 5.45. The highest BCUT2D eigenvalue weighted by molar-refractivity contribution is 6.06. The van der Waals surface area contributed by atoms with Gasteiger partial charge in [-0.15, -0.1) is 0 Å². The van der Waals surface area contributed by atoms with E-state index in [2.05, 4.69) is 10.3 Å². The number of aromatic nitrogens is 1. The van der Waals surface area contributed by atoms with Gasteiger partial charge in [0.25, 0.3) is 5.91 Å². The zero-order valence-electron chi connectivity index (χ0n) is 16.6. The monoisotopic (exact) mass is 434 g/mol. The van der Waals surface area contributed by atoms with Crippen molar-refractivity contribution in [3.63, 3.8) is 0 Å². The standard InChI is InChI=1S/C16H17FN2O2.C7H5F3/c17-16(6-7-16)15(20)19-14-9-18-13-5-4-11(8-12(13)14)21-10-2-1-3-10;8-7(9,10)6-4-2-1-3-5-6/h4-5,8-10,18H,1-3,6-7H2,(H,19,20);1-5H. The number of carbonyl (C=O) groups is 1. The molecule has 2 saturated carbocycles. The minimum absolute atomic E-state index is 0.306. The number of aromatic amines is 1. The van der Waals surface area contributed by atoms with Gasteiger partial charge in [-0.3, -0.25) is 4.79 Å². The molecule has 31 heavy (non-hydrogen) atoms. The average Bonchev–Trinajstić information content (AvgIpc) is 3.36. The maximum Gasteiger partial charge on any atom is 0.416 e. The molecule has 2 aromatic carbocycles. The van der Waals surface area contributed by atoms with Crippen molar-refractivity contribution in [2.45, 2.75) is 50.1 Å². The van der Waals surface area contributed by atoms with Crippen molar-refractivity contribution >= 4 is 22.5 Å². The third-order valence-electron chi connectivity index (χ3n) is 5.45. The summed E-state index contributed by atoms with van der Waals surface area (Å²) in [5.41, 5.74) is -0.758. The number of benzene rings is 2. The Hall–Kier alpha value is -3.03. The second kappa shape index (κ2) is 8.24. The van der Waals surface area contributed by atoms with Crippen LogP contribution in [0.3, 0.4) is 0 Å². The van der Waals surface area contributed by atoms with Crippen LogP contribution in [-0.4, -0.2) is 22.7 Å². The van der Waals surface area contributed by atoms with Crippen LogP contribution in [0.2, 0.25) is 0 Å². The van der Waals surface area contributed by atoms with E-state index in [0.717, 1.165) is 41.6 Å². The van der Waals surface area contributed by atoms with Crippen molar-refractivity contribution in [2.75, 3.05) is 5.32 Å². The number of halogens is 4. The van der Waals surface area contributed by atoms with Gasteiger partial charge >= 0.3 is 6.18 Å². The van der Waals surface area contributed by atoms with Crippen LogP contribution in [0.15, 0.2) is 54.7 Å². The van der Waals surface area contributed by atoms with E-state index in [4.69, 9.17) is 4.74 Å². The minimum atomic E-state index is -4.21. The lowest BCUT2D eigenvalue weighted by Crippen LogP contribution is -2.25. The number of carbonyl (C=O) groups excluding carboxylic acids is 1. The first-order valence-corrected chi connectivity index (χ1v) is 10.1. The van der Waals surface area contributed by atoms with Crippen LogP contribution < -0.4 is 10.1 Å². The molecule has 0 saturated heterocycles. The Bertz CT molecular complexity index is 1050. The number of ether oxygens (including phenoxy) is 1. The zero-order chi connectivity index (χ0) is 22.1. The Labute approximate surface area is 176 Å². The Morgan fingerprint density at radius 1 is 1.10 bits per heavy atom. The number of hydrogen-bond donors (Lipinski definition) is 2. The normalized spacial score (nSPS) is 17.3. The summed E-state index contributed by atoms with van der Waals surface area (Å²) in [6, 6.07) is 12.1. The van der Waals surface area contributed by atoms with Crippen LogP contribution in [0.5, 0.6) is 5.75 Å². The number of alkyl halides is 4. The van der Waals surface area contributed by atoms with E-state index in [-0.39, 0.29) is 0 Å². The molecule has 1 amide bonds. The molecule has 0 bridgehead atoms. The van der Waals surface area contributed by atoms with Crippen LogP contribution in [0.25, 0.3) is 10.9 Å². The first-order chi connectivity index (χ1) is 14.7. The summed E-state index contributed by atoms with van der Waals surface area (Å²) in [6.07, 6.45) is 1.84. The van der Waals surface area contributed by atoms with Gasteiger partial charge in [0, 0.05) is 17.1 Å². The average molecular weight is 434 g/mol. The van der Waals surface area contributed by atoms with Crippen LogP contribution in [0.4, 0.5) is 23.2 Å². The molecule has 3 aromatic rings. The topological polar surface area (TPSA) is 54.1 Å².